The van der Waals surface area contributed by atoms with Crippen LogP contribution in [-0.2, 0) is 20.9 Å². The Morgan fingerprint density at radius 3 is 2.64 bits per heavy atom. The maximum absolute atomic E-state index is 11.9. The van der Waals surface area contributed by atoms with Gasteiger partial charge in [-0.25, -0.2) is 4.99 Å². The lowest BCUT2D eigenvalue weighted by atomic mass is 10.1. The van der Waals surface area contributed by atoms with E-state index in [2.05, 4.69) is 27.3 Å². The van der Waals surface area contributed by atoms with Crippen molar-refractivity contribution in [2.24, 2.45) is 10.9 Å². The van der Waals surface area contributed by atoms with Crippen LogP contribution in [-0.4, -0.2) is 55.2 Å². The summed E-state index contributed by atoms with van der Waals surface area (Å²) in [6, 6.07) is 10.2. The Labute approximate surface area is 186 Å². The van der Waals surface area contributed by atoms with E-state index in [9.17, 15) is 4.79 Å². The molecule has 0 bridgehead atoms. The number of rotatable bonds is 7. The minimum Gasteiger partial charge on any atom is -0.459 e. The molecule has 0 aromatic heterocycles. The van der Waals surface area contributed by atoms with Gasteiger partial charge in [0.25, 0.3) is 0 Å². The van der Waals surface area contributed by atoms with Crippen LogP contribution in [0.4, 0.5) is 0 Å². The average molecular weight is 503 g/mol. The molecule has 1 unspecified atom stereocenters. The molecule has 1 heterocycles. The highest BCUT2D eigenvalue weighted by Gasteiger charge is 2.25. The minimum absolute atomic E-state index is 0. The summed E-state index contributed by atoms with van der Waals surface area (Å²) >= 11 is 0. The third kappa shape index (κ3) is 9.23. The third-order valence-electron chi connectivity index (χ3n) is 4.16. The standard InChI is InChI=1S/C21H33N3O3.HI/c1-5-22-20(23-13-19(25)27-21(2,3)4)24-12-11-18(14-24)16-26-15-17-9-7-6-8-10-17;/h6-10,18H,5,11-16H2,1-4H3,(H,22,23);1H. The fourth-order valence-corrected chi connectivity index (χ4v) is 3.02. The van der Waals surface area contributed by atoms with Gasteiger partial charge in [0.1, 0.15) is 12.1 Å². The third-order valence-corrected chi connectivity index (χ3v) is 4.16. The number of halogens is 1. The summed E-state index contributed by atoms with van der Waals surface area (Å²) in [5.41, 5.74) is 0.708. The molecule has 28 heavy (non-hydrogen) atoms. The second-order valence-electron chi connectivity index (χ2n) is 7.86. The molecule has 1 fully saturated rings. The lowest BCUT2D eigenvalue weighted by molar-refractivity contribution is -0.152. The maximum atomic E-state index is 11.9. The van der Waals surface area contributed by atoms with E-state index >= 15 is 0 Å². The molecular formula is C21H34IN3O3. The van der Waals surface area contributed by atoms with E-state index in [1.54, 1.807) is 0 Å². The van der Waals surface area contributed by atoms with Gasteiger partial charge in [0.05, 0.1) is 13.2 Å². The van der Waals surface area contributed by atoms with Crippen LogP contribution in [0.25, 0.3) is 0 Å². The predicted octanol–water partition coefficient (Wildman–Crippen LogP) is 3.45. The molecule has 1 aliphatic rings. The summed E-state index contributed by atoms with van der Waals surface area (Å²) in [7, 11) is 0. The van der Waals surface area contributed by atoms with Crippen molar-refractivity contribution in [2.45, 2.75) is 46.3 Å². The van der Waals surface area contributed by atoms with Crippen LogP contribution >= 0.6 is 24.0 Å². The molecule has 0 spiro atoms. The Morgan fingerprint density at radius 1 is 1.29 bits per heavy atom. The molecule has 1 saturated heterocycles. The molecule has 0 radical (unpaired) electrons. The van der Waals surface area contributed by atoms with Gasteiger partial charge in [-0.1, -0.05) is 30.3 Å². The van der Waals surface area contributed by atoms with E-state index in [0.717, 1.165) is 38.6 Å². The molecule has 1 aromatic rings. The fourth-order valence-electron chi connectivity index (χ4n) is 3.02. The van der Waals surface area contributed by atoms with Crippen molar-refractivity contribution >= 4 is 35.9 Å². The molecule has 0 amide bonds. The van der Waals surface area contributed by atoms with Gasteiger partial charge in [-0.3, -0.25) is 4.79 Å². The smallest absolute Gasteiger partial charge is 0.328 e. The lowest BCUT2D eigenvalue weighted by Crippen LogP contribution is -2.41. The number of hydrogen-bond acceptors (Lipinski definition) is 4. The van der Waals surface area contributed by atoms with Gasteiger partial charge in [0.15, 0.2) is 5.96 Å². The van der Waals surface area contributed by atoms with Crippen molar-refractivity contribution in [3.63, 3.8) is 0 Å². The molecular weight excluding hydrogens is 469 g/mol. The molecule has 1 atom stereocenters. The first kappa shape index (κ1) is 24.7. The molecule has 6 nitrogen and oxygen atoms in total. The zero-order valence-electron chi connectivity index (χ0n) is 17.4. The fraction of sp³-hybridized carbons (Fsp3) is 0.619. The number of likely N-dealkylation sites (tertiary alicyclic amines) is 1. The average Bonchev–Trinajstić information content (AvgIpc) is 3.07. The van der Waals surface area contributed by atoms with Crippen molar-refractivity contribution in [3.05, 3.63) is 35.9 Å². The number of hydrogen-bond donors (Lipinski definition) is 1. The second-order valence-corrected chi connectivity index (χ2v) is 7.86. The largest absolute Gasteiger partial charge is 0.459 e. The van der Waals surface area contributed by atoms with E-state index < -0.39 is 5.60 Å². The SMILES string of the molecule is CCNC(=NCC(=O)OC(C)(C)C)N1CCC(COCc2ccccc2)C1.I. The quantitative estimate of drug-likeness (QED) is 0.267. The van der Waals surface area contributed by atoms with Crippen LogP contribution in [0.1, 0.15) is 39.7 Å². The molecule has 158 valence electrons. The summed E-state index contributed by atoms with van der Waals surface area (Å²) in [5, 5.41) is 3.27. The van der Waals surface area contributed by atoms with Crippen molar-refractivity contribution in [1.29, 1.82) is 0 Å². The highest BCUT2D eigenvalue weighted by Crippen LogP contribution is 2.17. The van der Waals surface area contributed by atoms with Crippen molar-refractivity contribution in [3.8, 4) is 0 Å². The number of esters is 1. The topological polar surface area (TPSA) is 63.2 Å². The summed E-state index contributed by atoms with van der Waals surface area (Å²) in [5.74, 6) is 0.938. The Kier molecular flexibility index (Phi) is 10.8. The van der Waals surface area contributed by atoms with Gasteiger partial charge >= 0.3 is 5.97 Å². The van der Waals surface area contributed by atoms with E-state index in [0.29, 0.717) is 12.5 Å². The monoisotopic (exact) mass is 503 g/mol. The van der Waals surface area contributed by atoms with Crippen molar-refractivity contribution < 1.29 is 14.3 Å². The number of carbonyl (C=O) groups is 1. The lowest BCUT2D eigenvalue weighted by Gasteiger charge is -2.22. The van der Waals surface area contributed by atoms with Crippen LogP contribution in [0.5, 0.6) is 0 Å². The molecule has 0 aliphatic carbocycles. The summed E-state index contributed by atoms with van der Waals surface area (Å²) in [6.07, 6.45) is 1.06. The number of nitrogens with one attached hydrogen (secondary N) is 1. The summed E-state index contributed by atoms with van der Waals surface area (Å²) in [6.45, 7) is 11.6. The van der Waals surface area contributed by atoms with Crippen LogP contribution in [0.2, 0.25) is 0 Å². The highest BCUT2D eigenvalue weighted by atomic mass is 127. The molecule has 7 heteroatoms. The van der Waals surface area contributed by atoms with Crippen LogP contribution in [0, 0.1) is 5.92 Å². The van der Waals surface area contributed by atoms with Gasteiger partial charge in [0.2, 0.25) is 0 Å². The van der Waals surface area contributed by atoms with Crippen molar-refractivity contribution in [2.75, 3.05) is 32.8 Å². The molecule has 1 N–H and O–H groups in total. The molecule has 1 aromatic carbocycles. The number of carbonyl (C=O) groups excluding carboxylic acids is 1. The van der Waals surface area contributed by atoms with E-state index in [1.165, 1.54) is 5.56 Å². The van der Waals surface area contributed by atoms with Gasteiger partial charge in [-0.15, -0.1) is 24.0 Å². The Balaban J connectivity index is 0.00000392. The zero-order chi connectivity index (χ0) is 19.7. The molecule has 2 rings (SSSR count). The first-order chi connectivity index (χ1) is 12.9. The van der Waals surface area contributed by atoms with Gasteiger partial charge in [-0.2, -0.15) is 0 Å². The number of nitrogens with zero attached hydrogens (tertiary/aromatic N) is 2. The first-order valence-electron chi connectivity index (χ1n) is 9.74. The van der Waals surface area contributed by atoms with Crippen LogP contribution < -0.4 is 5.32 Å². The van der Waals surface area contributed by atoms with Gasteiger partial charge in [0, 0.05) is 25.6 Å². The number of benzene rings is 1. The zero-order valence-corrected chi connectivity index (χ0v) is 19.8. The Bertz CT molecular complexity index is 617. The van der Waals surface area contributed by atoms with Crippen LogP contribution in [0.15, 0.2) is 35.3 Å². The number of ether oxygens (including phenoxy) is 2. The van der Waals surface area contributed by atoms with Crippen molar-refractivity contribution in [1.82, 2.24) is 10.2 Å². The maximum Gasteiger partial charge on any atom is 0.328 e. The predicted molar refractivity (Wildman–Crippen MR) is 123 cm³/mol. The van der Waals surface area contributed by atoms with E-state index in [1.807, 2.05) is 45.9 Å². The number of aliphatic imine (C=N–C) groups is 1. The minimum atomic E-state index is -0.486. The normalized spacial score (nSPS) is 17.2. The van der Waals surface area contributed by atoms with Gasteiger partial charge in [-0.05, 0) is 39.7 Å². The summed E-state index contributed by atoms with van der Waals surface area (Å²) < 4.78 is 11.2. The summed E-state index contributed by atoms with van der Waals surface area (Å²) in [4.78, 5) is 18.6. The Morgan fingerprint density at radius 2 is 2.00 bits per heavy atom. The van der Waals surface area contributed by atoms with E-state index in [-0.39, 0.29) is 36.5 Å². The number of guanidine groups is 1. The molecule has 0 saturated carbocycles. The molecule has 1 aliphatic heterocycles. The first-order valence-corrected chi connectivity index (χ1v) is 9.74. The van der Waals surface area contributed by atoms with Gasteiger partial charge < -0.3 is 19.7 Å². The van der Waals surface area contributed by atoms with E-state index in [4.69, 9.17) is 9.47 Å². The van der Waals surface area contributed by atoms with Crippen LogP contribution in [0.3, 0.4) is 0 Å². The highest BCUT2D eigenvalue weighted by molar-refractivity contribution is 14.0. The second kappa shape index (κ2) is 12.3. The Hall–Kier alpha value is -1.35.